The molecule has 0 atom stereocenters. The molecule has 1 aliphatic rings. The summed E-state index contributed by atoms with van der Waals surface area (Å²) in [5.41, 5.74) is 5.68. The number of allylic oxidation sites excluding steroid dienone is 2. The largest absolute Gasteiger partial charge is 0.512 e. The molecule has 2 aromatic heterocycles. The van der Waals surface area contributed by atoms with Gasteiger partial charge in [0.25, 0.3) is 0 Å². The second kappa shape index (κ2) is 15.0. The number of aliphatic hydroxyl groups excluding tert-OH is 1. The average Bonchev–Trinajstić information content (AvgIpc) is 3.29. The van der Waals surface area contributed by atoms with Crippen LogP contribution >= 0.6 is 0 Å². The zero-order valence-electron chi connectivity index (χ0n) is 24.8. The van der Waals surface area contributed by atoms with Crippen LogP contribution in [-0.2, 0) is 43.2 Å². The van der Waals surface area contributed by atoms with E-state index in [-0.39, 0.29) is 48.9 Å². The van der Waals surface area contributed by atoms with Gasteiger partial charge >= 0.3 is 0 Å². The number of aromatic nitrogens is 1. The Balaban J connectivity index is 0.000000294. The Morgan fingerprint density at radius 2 is 1.69 bits per heavy atom. The second-order valence-corrected chi connectivity index (χ2v) is 11.5. The number of hydrogen-bond acceptors (Lipinski definition) is 4. The first-order chi connectivity index (χ1) is 18.1. The summed E-state index contributed by atoms with van der Waals surface area (Å²) < 4.78 is 6.23. The SMILES string of the molecule is CC(C)(C)c1ccnc(-c2[c-]ccc3c4c(oc23)CCCC4)c1.CCC(CC)C(=O)/C=C(\O)C(CC)CC.[Ir]. The van der Waals surface area contributed by atoms with Crippen LogP contribution in [0.4, 0.5) is 0 Å². The van der Waals surface area contributed by atoms with Crippen LogP contribution in [-0.4, -0.2) is 15.9 Å². The Labute approximate surface area is 249 Å². The zero-order valence-corrected chi connectivity index (χ0v) is 27.2. The van der Waals surface area contributed by atoms with Gasteiger partial charge in [-0.1, -0.05) is 65.5 Å². The van der Waals surface area contributed by atoms with Gasteiger partial charge in [-0.15, -0.1) is 18.2 Å². The van der Waals surface area contributed by atoms with E-state index < -0.39 is 0 Å². The number of hydrogen-bond donors (Lipinski definition) is 1. The van der Waals surface area contributed by atoms with Gasteiger partial charge in [-0.3, -0.25) is 4.79 Å². The van der Waals surface area contributed by atoms with Gasteiger partial charge in [0.15, 0.2) is 5.78 Å². The van der Waals surface area contributed by atoms with Crippen molar-refractivity contribution in [2.75, 3.05) is 0 Å². The first-order valence-corrected chi connectivity index (χ1v) is 14.5. The summed E-state index contributed by atoms with van der Waals surface area (Å²) in [6.07, 6.45) is 11.5. The molecular formula is C34H46IrNO3-. The van der Waals surface area contributed by atoms with Crippen LogP contribution in [0, 0.1) is 17.9 Å². The monoisotopic (exact) mass is 709 g/mol. The van der Waals surface area contributed by atoms with Gasteiger partial charge in [-0.25, -0.2) is 0 Å². The van der Waals surface area contributed by atoms with E-state index in [4.69, 9.17) is 4.42 Å². The average molecular weight is 709 g/mol. The zero-order chi connectivity index (χ0) is 27.9. The van der Waals surface area contributed by atoms with Gasteiger partial charge in [-0.05, 0) is 73.2 Å². The van der Waals surface area contributed by atoms with Crippen molar-refractivity contribution in [3.05, 3.63) is 65.3 Å². The van der Waals surface area contributed by atoms with Crippen LogP contribution in [0.25, 0.3) is 22.2 Å². The molecule has 0 saturated carbocycles. The summed E-state index contributed by atoms with van der Waals surface area (Å²) in [6, 6.07) is 11.8. The van der Waals surface area contributed by atoms with Crippen molar-refractivity contribution in [1.29, 1.82) is 0 Å². The number of nitrogens with zero attached hydrogens (tertiary/aromatic N) is 1. The van der Waals surface area contributed by atoms with E-state index in [0.29, 0.717) is 0 Å². The van der Waals surface area contributed by atoms with Crippen molar-refractivity contribution in [3.63, 3.8) is 0 Å². The molecule has 4 rings (SSSR count). The minimum Gasteiger partial charge on any atom is -0.512 e. The van der Waals surface area contributed by atoms with Crippen molar-refractivity contribution in [1.82, 2.24) is 4.98 Å². The predicted molar refractivity (Wildman–Crippen MR) is 157 cm³/mol. The number of carbonyl (C=O) groups is 1. The van der Waals surface area contributed by atoms with Crippen LogP contribution in [0.1, 0.15) is 104 Å². The molecule has 0 saturated heterocycles. The third-order valence-electron chi connectivity index (χ3n) is 7.88. The molecular weight excluding hydrogens is 663 g/mol. The molecule has 0 unspecified atom stereocenters. The molecule has 1 aliphatic carbocycles. The van der Waals surface area contributed by atoms with Crippen LogP contribution in [0.15, 0.2) is 46.7 Å². The Hall–Kier alpha value is -2.23. The van der Waals surface area contributed by atoms with Gasteiger partial charge in [0.2, 0.25) is 0 Å². The summed E-state index contributed by atoms with van der Waals surface area (Å²) in [6.45, 7) is 14.7. The summed E-state index contributed by atoms with van der Waals surface area (Å²) in [4.78, 5) is 16.3. The van der Waals surface area contributed by atoms with Gasteiger partial charge in [0.05, 0.1) is 17.1 Å². The summed E-state index contributed by atoms with van der Waals surface area (Å²) in [7, 11) is 0. The fraction of sp³-hybridized carbons (Fsp3) is 0.529. The second-order valence-electron chi connectivity index (χ2n) is 11.5. The predicted octanol–water partition coefficient (Wildman–Crippen LogP) is 9.34. The Kier molecular flexibility index (Phi) is 12.6. The number of rotatable bonds is 8. The van der Waals surface area contributed by atoms with E-state index in [0.717, 1.165) is 55.4 Å². The third kappa shape index (κ3) is 8.14. The molecule has 0 bridgehead atoms. The number of ketones is 1. The molecule has 39 heavy (non-hydrogen) atoms. The van der Waals surface area contributed by atoms with Crippen molar-refractivity contribution in [2.45, 2.75) is 105 Å². The molecule has 215 valence electrons. The van der Waals surface area contributed by atoms with Crippen LogP contribution in [0.5, 0.6) is 0 Å². The molecule has 1 radical (unpaired) electrons. The molecule has 1 N–H and O–H groups in total. The van der Waals surface area contributed by atoms with Crippen molar-refractivity contribution in [2.24, 2.45) is 11.8 Å². The topological polar surface area (TPSA) is 63.3 Å². The van der Waals surface area contributed by atoms with E-state index in [1.807, 2.05) is 40.0 Å². The molecule has 0 aliphatic heterocycles. The van der Waals surface area contributed by atoms with E-state index >= 15 is 0 Å². The maximum Gasteiger partial charge on any atom is 0.162 e. The summed E-state index contributed by atoms with van der Waals surface area (Å²) in [5.74, 6) is 1.71. The van der Waals surface area contributed by atoms with E-state index in [1.54, 1.807) is 0 Å². The van der Waals surface area contributed by atoms with Gasteiger partial charge in [0, 0.05) is 50.6 Å². The number of furan rings is 1. The number of fused-ring (bicyclic) bond motifs is 3. The maximum atomic E-state index is 11.7. The van der Waals surface area contributed by atoms with Gasteiger partial charge < -0.3 is 14.5 Å². The Bertz CT molecular complexity index is 1240. The Morgan fingerprint density at radius 1 is 1.05 bits per heavy atom. The number of carbonyl (C=O) groups excluding carboxylic acids is 1. The van der Waals surface area contributed by atoms with E-state index in [2.05, 4.69) is 50.0 Å². The fourth-order valence-corrected chi connectivity index (χ4v) is 5.23. The molecule has 1 aromatic carbocycles. The van der Waals surface area contributed by atoms with E-state index in [1.165, 1.54) is 41.2 Å². The first kappa shape index (κ1) is 33.0. The molecule has 4 nitrogen and oxygen atoms in total. The quantitative estimate of drug-likeness (QED) is 0.144. The molecule has 0 fully saturated rings. The smallest absolute Gasteiger partial charge is 0.162 e. The molecule has 0 spiro atoms. The normalized spacial score (nSPS) is 13.6. The van der Waals surface area contributed by atoms with Crippen molar-refractivity contribution < 1.29 is 34.4 Å². The van der Waals surface area contributed by atoms with Crippen LogP contribution < -0.4 is 0 Å². The Morgan fingerprint density at radius 3 is 2.31 bits per heavy atom. The van der Waals surface area contributed by atoms with Crippen LogP contribution in [0.3, 0.4) is 0 Å². The number of aliphatic hydroxyl groups is 1. The van der Waals surface area contributed by atoms with Crippen LogP contribution in [0.2, 0.25) is 0 Å². The number of pyridine rings is 1. The number of aryl methyl sites for hydroxylation is 2. The number of benzene rings is 1. The molecule has 5 heteroatoms. The summed E-state index contributed by atoms with van der Waals surface area (Å²) >= 11 is 0. The third-order valence-corrected chi connectivity index (χ3v) is 7.88. The van der Waals surface area contributed by atoms with Crippen molar-refractivity contribution >= 4 is 16.8 Å². The molecule has 2 heterocycles. The fourth-order valence-electron chi connectivity index (χ4n) is 5.23. The molecule has 0 amide bonds. The van der Waals surface area contributed by atoms with Crippen molar-refractivity contribution in [3.8, 4) is 11.3 Å². The van der Waals surface area contributed by atoms with Gasteiger partial charge in [-0.2, -0.15) is 0 Å². The maximum absolute atomic E-state index is 11.7. The minimum atomic E-state index is 0. The van der Waals surface area contributed by atoms with Gasteiger partial charge in [0.1, 0.15) is 0 Å². The van der Waals surface area contributed by atoms with E-state index in [9.17, 15) is 9.90 Å². The first-order valence-electron chi connectivity index (χ1n) is 14.5. The minimum absolute atomic E-state index is 0. The summed E-state index contributed by atoms with van der Waals surface area (Å²) in [5, 5.41) is 11.0. The molecule has 3 aromatic rings. The standard InChI is InChI=1S/C21H22NO.C13H24O2.Ir/c1-21(2,3)14-11-12-22-18(13-14)17-9-6-8-16-15-7-4-5-10-19(15)23-20(16)17;1-5-10(6-2)12(14)9-13(15)11(7-3)8-4;/h6,8,11-13H,4-5,7,10H2,1-3H3;9-11,14H,5-8H2,1-4H3;/q-1;;/b;12-9-;.